The summed E-state index contributed by atoms with van der Waals surface area (Å²) in [5.41, 5.74) is 5.33. The van der Waals surface area contributed by atoms with Crippen LogP contribution in [0.15, 0.2) is 39.1 Å². The van der Waals surface area contributed by atoms with Crippen molar-refractivity contribution >= 4 is 86.8 Å². The monoisotopic (exact) mass is 864 g/mol. The number of amides is 2. The number of aromatic nitrogens is 1. The number of phenols is 2. The number of anilines is 1. The number of nitrogens with two attached hydrogens (primary N) is 1. The number of nitrogen functional groups attached to an aromatic ring is 1. The highest BCUT2D eigenvalue weighted by Crippen LogP contribution is 2.48. The number of aliphatic carboxylic acids is 3. The number of benzene rings is 1. The number of ketones is 1. The van der Waals surface area contributed by atoms with Gasteiger partial charge in [-0.1, -0.05) is 21.9 Å². The number of thiazole rings is 1. The van der Waals surface area contributed by atoms with E-state index in [1.807, 2.05) is 0 Å². The zero-order chi connectivity index (χ0) is 42.1. The van der Waals surface area contributed by atoms with Gasteiger partial charge in [-0.2, -0.15) is 0 Å². The summed E-state index contributed by atoms with van der Waals surface area (Å²) < 4.78 is 0.603. The second-order valence-electron chi connectivity index (χ2n) is 14.5. The summed E-state index contributed by atoms with van der Waals surface area (Å²) >= 11 is 8.48. The fourth-order valence-electron chi connectivity index (χ4n) is 7.75. The third kappa shape index (κ3) is 8.40. The molecule has 0 saturated carbocycles. The number of quaternary nitrogens is 1. The minimum absolute atomic E-state index is 0.0568. The molecule has 0 radical (unpaired) electrons. The number of β-lactam (4-membered cyclic amide) rings is 1. The highest BCUT2D eigenvalue weighted by Gasteiger charge is 2.56. The van der Waals surface area contributed by atoms with Gasteiger partial charge in [-0.05, 0) is 12.1 Å². The third-order valence-electron chi connectivity index (χ3n) is 10.9. The van der Waals surface area contributed by atoms with Crippen LogP contribution in [-0.2, 0) is 38.4 Å². The molecular weight excluding hydrogens is 826 g/mol. The summed E-state index contributed by atoms with van der Waals surface area (Å²) in [7, 11) is 1.26. The van der Waals surface area contributed by atoms with Crippen molar-refractivity contribution in [2.24, 2.45) is 21.6 Å². The first kappa shape index (κ1) is 42.2. The number of piperidine rings is 3. The molecule has 4 fully saturated rings. The molecule has 20 nitrogen and oxygen atoms in total. The van der Waals surface area contributed by atoms with Crippen LogP contribution in [0.3, 0.4) is 0 Å². The zero-order valence-electron chi connectivity index (χ0n) is 30.8. The van der Waals surface area contributed by atoms with Gasteiger partial charge in [0, 0.05) is 59.9 Å². The first-order valence-electron chi connectivity index (χ1n) is 17.8. The molecule has 0 unspecified atom stereocenters. The molecule has 4 saturated heterocycles. The van der Waals surface area contributed by atoms with Gasteiger partial charge in [0.05, 0.1) is 42.4 Å². The van der Waals surface area contributed by atoms with Crippen molar-refractivity contribution in [3.8, 4) is 11.5 Å². The van der Waals surface area contributed by atoms with E-state index in [0.29, 0.717) is 48.5 Å². The van der Waals surface area contributed by atoms with E-state index in [1.54, 1.807) is 0 Å². The fraction of sp³-hybridized carbons (Fsp3) is 0.457. The molecule has 2 bridgehead atoms. The number of hydrogen-bond donors (Lipinski definition) is 7. The molecule has 2 amide bonds. The molecule has 5 aliphatic heterocycles. The molecule has 1 aromatic heterocycles. The van der Waals surface area contributed by atoms with Crippen LogP contribution >= 0.6 is 34.7 Å². The number of hydrogen-bond acceptors (Lipinski definition) is 16. The number of oxime groups is 2. The first-order chi connectivity index (χ1) is 27.5. The lowest BCUT2D eigenvalue weighted by atomic mass is 9.70. The molecular formula is C35H39ClN7O13S2+. The summed E-state index contributed by atoms with van der Waals surface area (Å²) in [6.45, 7) is 2.80. The van der Waals surface area contributed by atoms with E-state index in [2.05, 4.69) is 20.6 Å². The van der Waals surface area contributed by atoms with E-state index in [4.69, 9.17) is 32.1 Å². The average Bonchev–Trinajstić information content (AvgIpc) is 3.62. The number of carbonyl (C=O) groups excluding carboxylic acids is 3. The Morgan fingerprint density at radius 3 is 2.38 bits per heavy atom. The van der Waals surface area contributed by atoms with E-state index in [1.165, 1.54) is 41.3 Å². The Morgan fingerprint density at radius 2 is 1.79 bits per heavy atom. The summed E-state index contributed by atoms with van der Waals surface area (Å²) in [4.78, 5) is 90.9. The van der Waals surface area contributed by atoms with Gasteiger partial charge < -0.3 is 50.7 Å². The lowest BCUT2D eigenvalue weighted by Gasteiger charge is -2.56. The van der Waals surface area contributed by atoms with Crippen LogP contribution in [0.2, 0.25) is 5.02 Å². The topological polar surface area (TPSA) is 301 Å². The Balaban J connectivity index is 1.11. The minimum Gasteiger partial charge on any atom is -0.504 e. The maximum Gasteiger partial charge on any atom is 0.352 e. The number of rotatable bonds is 17. The number of carboxylic acid groups (broad SMARTS) is 3. The van der Waals surface area contributed by atoms with E-state index in [9.17, 15) is 49.2 Å². The maximum absolute atomic E-state index is 13.6. The van der Waals surface area contributed by atoms with Crippen LogP contribution in [0.4, 0.5) is 5.13 Å². The molecule has 5 aliphatic rings. The predicted molar refractivity (Wildman–Crippen MR) is 206 cm³/mol. The van der Waals surface area contributed by atoms with Crippen molar-refractivity contribution < 1.29 is 68.5 Å². The number of carboxylic acids is 3. The molecule has 0 aliphatic carbocycles. The summed E-state index contributed by atoms with van der Waals surface area (Å²) in [5, 5.41) is 59.5. The van der Waals surface area contributed by atoms with Gasteiger partial charge in [-0.3, -0.25) is 24.1 Å². The third-order valence-corrected chi connectivity index (χ3v) is 13.4. The number of nitrogens with zero attached hydrogens (tertiary/aromatic N) is 5. The Kier molecular flexibility index (Phi) is 12.2. The highest BCUT2D eigenvalue weighted by molar-refractivity contribution is 8.00. The lowest BCUT2D eigenvalue weighted by Crippen LogP contribution is -2.66. The smallest absolute Gasteiger partial charge is 0.352 e. The van der Waals surface area contributed by atoms with E-state index < -0.39 is 83.0 Å². The highest BCUT2D eigenvalue weighted by atomic mass is 35.5. The summed E-state index contributed by atoms with van der Waals surface area (Å²) in [6, 6.07) is 2.52. The minimum atomic E-state index is -1.92. The maximum atomic E-state index is 13.6. The standard InChI is InChI=1S/C35H38ClN7O13S2/c1-55-40-25(17-2-3-20(44)28(48)24(17)36)29(49)38-15-35-4-7-43(8-5-35,9-6-35)12-16-13-57-31-18(30(50)42(31)27(16)33(53)54)10-21(45)26(19-14-58-34(37)39-19)41-56-22(32(51)52)11-23(46)47/h2-3,14,18,22,31H,4-13,15H2,1H3,(H7-,37,38,39,40,41,44,45,46,47,48,49,51,52,53,54)/p+1/t18-,22+,31-,35?,43?/m1/s1. The first-order valence-corrected chi connectivity index (χ1v) is 20.1. The number of fused-ring (bicyclic) bond motifs is 4. The quantitative estimate of drug-likeness (QED) is 0.0389. The Bertz CT molecular complexity index is 2130. The van der Waals surface area contributed by atoms with E-state index >= 15 is 0 Å². The number of Topliss-reactive ketones (excluding diaryl/α,β-unsaturated/α-hetero) is 1. The number of halogens is 1. The second-order valence-corrected chi connectivity index (χ2v) is 16.8. The number of thioether (sulfide) groups is 1. The molecule has 8 N–H and O–H groups in total. The van der Waals surface area contributed by atoms with Gasteiger partial charge in [-0.25, -0.2) is 14.6 Å². The van der Waals surface area contributed by atoms with E-state index in [0.717, 1.165) is 30.6 Å². The van der Waals surface area contributed by atoms with Gasteiger partial charge >= 0.3 is 17.9 Å². The number of carbonyl (C=O) groups is 6. The molecule has 7 rings (SSSR count). The zero-order valence-corrected chi connectivity index (χ0v) is 33.1. The van der Waals surface area contributed by atoms with Crippen molar-refractivity contribution in [3.05, 3.63) is 45.1 Å². The molecule has 23 heteroatoms. The molecule has 1 aromatic carbocycles. The van der Waals surface area contributed by atoms with Crippen molar-refractivity contribution in [2.45, 2.75) is 43.6 Å². The molecule has 58 heavy (non-hydrogen) atoms. The van der Waals surface area contributed by atoms with Crippen LogP contribution in [0.1, 0.15) is 43.4 Å². The summed E-state index contributed by atoms with van der Waals surface area (Å²) in [5.74, 6) is -8.02. The second kappa shape index (κ2) is 16.8. The van der Waals surface area contributed by atoms with E-state index in [-0.39, 0.29) is 38.2 Å². The molecule has 3 atom stereocenters. The summed E-state index contributed by atoms with van der Waals surface area (Å²) in [6.07, 6.45) is -1.12. The van der Waals surface area contributed by atoms with Crippen molar-refractivity contribution in [1.29, 1.82) is 0 Å². The number of phenolic OH excluding ortho intramolecular Hbond substituents is 2. The van der Waals surface area contributed by atoms with Gasteiger partial charge in [0.2, 0.25) is 12.0 Å². The van der Waals surface area contributed by atoms with Gasteiger partial charge in [0.1, 0.15) is 25.0 Å². The Morgan fingerprint density at radius 1 is 1.10 bits per heavy atom. The SMILES string of the molecule is CO/N=C(\C(=O)NCC12CC[N+](CC3=C(C(=O)O)N4C(=O)[C@@H](CC(=O)/C(=N\O[C@@H](CC(=O)O)C(=O)O)c5csc(N)n5)[C@H]4SC3)(CC1)CC2)c1ccc(O)c(O)c1Cl. The van der Waals surface area contributed by atoms with Crippen molar-refractivity contribution in [1.82, 2.24) is 15.2 Å². The van der Waals surface area contributed by atoms with Gasteiger partial charge in [0.25, 0.3) is 5.91 Å². The fourth-order valence-corrected chi connectivity index (χ4v) is 9.95. The van der Waals surface area contributed by atoms with Gasteiger partial charge in [0.15, 0.2) is 33.8 Å². The Labute approximate surface area is 342 Å². The van der Waals surface area contributed by atoms with Crippen LogP contribution in [0.5, 0.6) is 11.5 Å². The van der Waals surface area contributed by atoms with Crippen molar-refractivity contribution in [2.75, 3.05) is 51.3 Å². The average molecular weight is 865 g/mol. The van der Waals surface area contributed by atoms with Crippen LogP contribution < -0.4 is 11.1 Å². The molecule has 310 valence electrons. The largest absolute Gasteiger partial charge is 0.504 e. The number of aromatic hydroxyl groups is 2. The lowest BCUT2D eigenvalue weighted by molar-refractivity contribution is -0.941. The van der Waals surface area contributed by atoms with Crippen molar-refractivity contribution in [3.63, 3.8) is 0 Å². The predicted octanol–water partition coefficient (Wildman–Crippen LogP) is 1.44. The van der Waals surface area contributed by atoms with Crippen LogP contribution in [0.25, 0.3) is 0 Å². The molecule has 2 aromatic rings. The van der Waals surface area contributed by atoms with Crippen LogP contribution in [-0.4, -0.2) is 144 Å². The normalized spacial score (nSPS) is 24.7. The molecule has 0 spiro atoms. The molecule has 6 heterocycles. The Hall–Kier alpha value is -5.45. The van der Waals surface area contributed by atoms with Gasteiger partial charge in [-0.15, -0.1) is 23.1 Å². The van der Waals surface area contributed by atoms with Crippen LogP contribution in [0, 0.1) is 11.3 Å². The number of nitrogens with one attached hydrogen (secondary N) is 1.